The van der Waals surface area contributed by atoms with Gasteiger partial charge in [0, 0.05) is 50.8 Å². The number of nitrogens with zero attached hydrogens (tertiary/aromatic N) is 2. The Labute approximate surface area is 216 Å². The third-order valence-electron chi connectivity index (χ3n) is 5.12. The molecular formula is C25H26FN3O5. The quantitative estimate of drug-likeness (QED) is 0.635. The number of rotatable bonds is 6. The molecule has 2 fully saturated rings. The summed E-state index contributed by atoms with van der Waals surface area (Å²) in [7, 11) is 0. The standard InChI is InChI=1S/C25H26FN3O5/c26-20-5-4-16(13-28-8-10-33-11-9-28)12-17(20)15-34-22-3-1-2-18-19(22)14-29(25(18)32)21-6-7-23(30)27-24(21)31/h1-5,12,21H,6-11,13-15H2,(H,27,30,31)/i8D2,9D2,10D2,11D2,13D2,14D2,15D2. The topological polar surface area (TPSA) is 88.2 Å². The Morgan fingerprint density at radius 3 is 2.82 bits per heavy atom. The minimum Gasteiger partial charge on any atom is -0.488 e. The van der Waals surface area contributed by atoms with Gasteiger partial charge in [0.05, 0.1) is 30.6 Å². The molecule has 178 valence electrons. The highest BCUT2D eigenvalue weighted by Gasteiger charge is 2.40. The molecule has 0 aromatic heterocycles. The number of carbonyl (C=O) groups is 3. The minimum absolute atomic E-state index is 0.190. The van der Waals surface area contributed by atoms with Crippen LogP contribution in [0.5, 0.6) is 5.75 Å². The molecule has 2 aromatic carbocycles. The van der Waals surface area contributed by atoms with E-state index in [0.717, 1.165) is 6.07 Å². The zero-order valence-corrected chi connectivity index (χ0v) is 17.3. The van der Waals surface area contributed by atoms with Crippen molar-refractivity contribution in [3.05, 3.63) is 64.5 Å². The van der Waals surface area contributed by atoms with E-state index in [1.54, 1.807) is 0 Å². The van der Waals surface area contributed by atoms with Crippen molar-refractivity contribution < 1.29 is 47.4 Å². The molecule has 2 aromatic rings. The average molecular weight is 482 g/mol. The van der Waals surface area contributed by atoms with Crippen LogP contribution in [0.25, 0.3) is 0 Å². The Balaban J connectivity index is 1.55. The van der Waals surface area contributed by atoms with Gasteiger partial charge in [0.1, 0.15) is 24.2 Å². The number of fused-ring (bicyclic) bond motifs is 1. The van der Waals surface area contributed by atoms with Gasteiger partial charge in [-0.05, 0) is 36.2 Å². The number of amides is 3. The molecule has 1 atom stereocenters. The number of hydrogen-bond acceptors (Lipinski definition) is 6. The molecule has 0 radical (unpaired) electrons. The van der Waals surface area contributed by atoms with E-state index in [-0.39, 0.29) is 18.4 Å². The second kappa shape index (κ2) is 9.52. The molecule has 1 N–H and O–H groups in total. The molecule has 3 amide bonds. The van der Waals surface area contributed by atoms with E-state index >= 15 is 4.39 Å². The van der Waals surface area contributed by atoms with Gasteiger partial charge < -0.3 is 14.4 Å². The maximum absolute atomic E-state index is 15.3. The van der Waals surface area contributed by atoms with E-state index < -0.39 is 103 Å². The molecule has 0 spiro atoms. The highest BCUT2D eigenvalue weighted by atomic mass is 19.1. The van der Waals surface area contributed by atoms with Gasteiger partial charge in [-0.3, -0.25) is 24.6 Å². The molecule has 2 saturated heterocycles. The van der Waals surface area contributed by atoms with Gasteiger partial charge in [-0.15, -0.1) is 0 Å². The largest absolute Gasteiger partial charge is 0.488 e. The molecule has 0 aliphatic carbocycles. The van der Waals surface area contributed by atoms with Crippen LogP contribution in [0.2, 0.25) is 0 Å². The monoisotopic (exact) mass is 481 g/mol. The highest BCUT2D eigenvalue weighted by Crippen LogP contribution is 2.34. The minimum atomic E-state index is -3.70. The maximum atomic E-state index is 15.3. The lowest BCUT2D eigenvalue weighted by atomic mass is 10.0. The molecule has 0 bridgehead atoms. The van der Waals surface area contributed by atoms with E-state index in [9.17, 15) is 14.4 Å². The Morgan fingerprint density at radius 1 is 1.21 bits per heavy atom. The average Bonchev–Trinajstić information content (AvgIpc) is 3.12. The van der Waals surface area contributed by atoms with Crippen LogP contribution < -0.4 is 10.1 Å². The van der Waals surface area contributed by atoms with Crippen molar-refractivity contribution in [2.24, 2.45) is 0 Å². The number of ether oxygens (including phenoxy) is 2. The lowest BCUT2D eigenvalue weighted by Crippen LogP contribution is -2.52. The first kappa shape index (κ1) is 11.4. The number of morpholine rings is 1. The Bertz CT molecular complexity index is 1700. The van der Waals surface area contributed by atoms with Gasteiger partial charge in [0.25, 0.3) is 5.91 Å². The first-order valence-electron chi connectivity index (χ1n) is 17.0. The van der Waals surface area contributed by atoms with E-state index in [2.05, 4.69) is 4.74 Å². The summed E-state index contributed by atoms with van der Waals surface area (Å²) in [5, 5.41) is 2.03. The summed E-state index contributed by atoms with van der Waals surface area (Å²) in [4.78, 5) is 37.7. The number of imide groups is 1. The fourth-order valence-electron chi connectivity index (χ4n) is 3.52. The van der Waals surface area contributed by atoms with Crippen molar-refractivity contribution in [1.82, 2.24) is 15.1 Å². The van der Waals surface area contributed by atoms with Crippen LogP contribution in [0, 0.1) is 5.82 Å². The second-order valence-corrected chi connectivity index (χ2v) is 7.31. The van der Waals surface area contributed by atoms with Crippen molar-refractivity contribution in [2.45, 2.75) is 38.4 Å². The number of carbonyl (C=O) groups excluding carboxylic acids is 3. The second-order valence-electron chi connectivity index (χ2n) is 7.31. The summed E-state index contributed by atoms with van der Waals surface area (Å²) in [6.45, 7) is -24.3. The fraction of sp³-hybridized carbons (Fsp3) is 0.400. The number of hydrogen-bond donors (Lipinski definition) is 1. The zero-order chi connectivity index (χ0) is 36.2. The highest BCUT2D eigenvalue weighted by molar-refractivity contribution is 6.05. The SMILES string of the molecule is [2H]C([2H])(Oc1cccc2c1C([2H])([2H])N(C1CCC(=O)NC1=O)C2=O)c1cc(C([2H])([2H])N2C([2H])([2H])C([2H])([2H])OC([2H])([2H])C2([2H])[2H])ccc1F. The summed E-state index contributed by atoms with van der Waals surface area (Å²) in [6.07, 6.45) is -0.395. The van der Waals surface area contributed by atoms with Crippen LogP contribution >= 0.6 is 0 Å². The van der Waals surface area contributed by atoms with Crippen molar-refractivity contribution in [3.63, 3.8) is 0 Å². The molecule has 8 nitrogen and oxygen atoms in total. The molecule has 0 saturated carbocycles. The van der Waals surface area contributed by atoms with E-state index in [0.29, 0.717) is 23.1 Å². The third-order valence-corrected chi connectivity index (χ3v) is 5.12. The van der Waals surface area contributed by atoms with Gasteiger partial charge >= 0.3 is 0 Å². The fourth-order valence-corrected chi connectivity index (χ4v) is 3.52. The normalized spacial score (nSPS) is 35.3. The molecule has 3 aliphatic rings. The third kappa shape index (κ3) is 4.53. The van der Waals surface area contributed by atoms with Gasteiger partial charge in [0.15, 0.2) is 0 Å². The van der Waals surface area contributed by atoms with Crippen molar-refractivity contribution in [3.8, 4) is 5.75 Å². The summed E-state index contributed by atoms with van der Waals surface area (Å²) >= 11 is 0. The van der Waals surface area contributed by atoms with Crippen LogP contribution in [0.15, 0.2) is 36.4 Å². The lowest BCUT2D eigenvalue weighted by molar-refractivity contribution is -0.136. The van der Waals surface area contributed by atoms with Crippen LogP contribution in [0.4, 0.5) is 4.39 Å². The smallest absolute Gasteiger partial charge is 0.255 e. The van der Waals surface area contributed by atoms with E-state index in [1.807, 2.05) is 5.32 Å². The predicted molar refractivity (Wildman–Crippen MR) is 119 cm³/mol. The van der Waals surface area contributed by atoms with Gasteiger partial charge in [-0.25, -0.2) is 4.39 Å². The molecular weight excluding hydrogens is 441 g/mol. The van der Waals surface area contributed by atoms with E-state index in [4.69, 9.17) is 23.9 Å². The molecule has 34 heavy (non-hydrogen) atoms. The van der Waals surface area contributed by atoms with Crippen LogP contribution in [0.1, 0.15) is 59.1 Å². The van der Waals surface area contributed by atoms with Crippen LogP contribution in [0.3, 0.4) is 0 Å². The number of benzene rings is 2. The molecule has 3 aliphatic heterocycles. The van der Waals surface area contributed by atoms with Crippen molar-refractivity contribution >= 4 is 17.7 Å². The van der Waals surface area contributed by atoms with Gasteiger partial charge in [-0.2, -0.15) is 0 Å². The van der Waals surface area contributed by atoms with E-state index in [1.165, 1.54) is 12.1 Å². The number of nitrogens with one attached hydrogen (secondary N) is 1. The Hall–Kier alpha value is -3.30. The van der Waals surface area contributed by atoms with Gasteiger partial charge in [-0.1, -0.05) is 12.1 Å². The summed E-state index contributed by atoms with van der Waals surface area (Å²) < 4.78 is 141. The molecule has 9 heteroatoms. The zero-order valence-electron chi connectivity index (χ0n) is 31.3. The first-order valence-corrected chi connectivity index (χ1v) is 10.0. The first-order chi connectivity index (χ1) is 21.7. The van der Waals surface area contributed by atoms with Crippen molar-refractivity contribution in [2.75, 3.05) is 26.1 Å². The predicted octanol–water partition coefficient (Wildman–Crippen LogP) is 2.00. The lowest BCUT2D eigenvalue weighted by Gasteiger charge is -2.29. The molecule has 1 unspecified atom stereocenters. The van der Waals surface area contributed by atoms with Crippen LogP contribution in [-0.4, -0.2) is 59.7 Å². The van der Waals surface area contributed by atoms with Crippen molar-refractivity contribution in [1.29, 1.82) is 0 Å². The number of piperidine rings is 1. The summed E-state index contributed by atoms with van der Waals surface area (Å²) in [6, 6.07) is 3.71. The Kier molecular flexibility index (Phi) is 3.20. The summed E-state index contributed by atoms with van der Waals surface area (Å²) in [5.41, 5.74) is -2.80. The summed E-state index contributed by atoms with van der Waals surface area (Å²) in [5.74, 6) is -4.52. The van der Waals surface area contributed by atoms with Gasteiger partial charge in [0.2, 0.25) is 11.8 Å². The molecule has 5 rings (SSSR count). The van der Waals surface area contributed by atoms with Crippen LogP contribution in [-0.2, 0) is 33.9 Å². The molecule has 3 heterocycles. The maximum Gasteiger partial charge on any atom is 0.255 e. The number of halogens is 1. The Morgan fingerprint density at radius 2 is 2.03 bits per heavy atom.